The fourth-order valence-corrected chi connectivity index (χ4v) is 1.63. The molecule has 0 aliphatic rings. The lowest BCUT2D eigenvalue weighted by atomic mass is 10.2. The van der Waals surface area contributed by atoms with Crippen LogP contribution in [-0.2, 0) is 6.54 Å². The highest BCUT2D eigenvalue weighted by atomic mass is 32.2. The smallest absolute Gasteiger partial charge is 0.165 e. The zero-order valence-electron chi connectivity index (χ0n) is 9.86. The van der Waals surface area contributed by atoms with Gasteiger partial charge in [-0.1, -0.05) is 12.1 Å². The van der Waals surface area contributed by atoms with E-state index >= 15 is 0 Å². The van der Waals surface area contributed by atoms with Crippen LogP contribution in [0.15, 0.2) is 18.2 Å². The van der Waals surface area contributed by atoms with Gasteiger partial charge >= 0.3 is 0 Å². The van der Waals surface area contributed by atoms with E-state index in [1.165, 1.54) is 0 Å². The molecule has 0 amide bonds. The lowest BCUT2D eigenvalue weighted by Crippen LogP contribution is -2.07. The molecule has 16 heavy (non-hydrogen) atoms. The third kappa shape index (κ3) is 3.61. The van der Waals surface area contributed by atoms with E-state index < -0.39 is 0 Å². The Morgan fingerprint density at radius 2 is 2.12 bits per heavy atom. The summed E-state index contributed by atoms with van der Waals surface area (Å²) in [5.74, 6) is 2.54. The van der Waals surface area contributed by atoms with Gasteiger partial charge in [0.2, 0.25) is 0 Å². The Morgan fingerprint density at radius 1 is 1.31 bits per heavy atom. The summed E-state index contributed by atoms with van der Waals surface area (Å²) in [6.07, 6.45) is 2.06. The number of ether oxygens (including phenoxy) is 2. The van der Waals surface area contributed by atoms with Crippen molar-refractivity contribution in [1.82, 2.24) is 0 Å². The number of nitrogens with two attached hydrogens (primary N) is 1. The number of hydrogen-bond acceptors (Lipinski definition) is 4. The van der Waals surface area contributed by atoms with Gasteiger partial charge in [0, 0.05) is 17.9 Å². The Balaban J connectivity index is 2.81. The minimum atomic E-state index is 0.468. The first kappa shape index (κ1) is 13.2. The minimum absolute atomic E-state index is 0.468. The Kier molecular flexibility index (Phi) is 6.11. The van der Waals surface area contributed by atoms with Crippen molar-refractivity contribution >= 4 is 11.8 Å². The van der Waals surface area contributed by atoms with Crippen molar-refractivity contribution in [2.24, 2.45) is 5.73 Å². The molecular formula is C12H19NO2S. The van der Waals surface area contributed by atoms with Crippen molar-refractivity contribution in [3.05, 3.63) is 23.8 Å². The highest BCUT2D eigenvalue weighted by Gasteiger charge is 2.09. The summed E-state index contributed by atoms with van der Waals surface area (Å²) < 4.78 is 11.2. The zero-order valence-corrected chi connectivity index (χ0v) is 10.7. The second kappa shape index (κ2) is 7.41. The summed E-state index contributed by atoms with van der Waals surface area (Å²) in [7, 11) is 0. The number of thioether (sulfide) groups is 1. The van der Waals surface area contributed by atoms with Crippen LogP contribution < -0.4 is 15.2 Å². The summed E-state index contributed by atoms with van der Waals surface area (Å²) in [4.78, 5) is 0. The van der Waals surface area contributed by atoms with Crippen LogP contribution in [0.5, 0.6) is 11.5 Å². The van der Waals surface area contributed by atoms with E-state index in [4.69, 9.17) is 15.2 Å². The van der Waals surface area contributed by atoms with Gasteiger partial charge in [0.1, 0.15) is 0 Å². The van der Waals surface area contributed by atoms with Crippen molar-refractivity contribution in [3.8, 4) is 11.5 Å². The predicted octanol–water partition coefficient (Wildman–Crippen LogP) is 2.29. The van der Waals surface area contributed by atoms with E-state index in [1.807, 2.05) is 25.1 Å². The topological polar surface area (TPSA) is 44.5 Å². The van der Waals surface area contributed by atoms with Crippen LogP contribution in [0.2, 0.25) is 0 Å². The van der Waals surface area contributed by atoms with Gasteiger partial charge in [0.15, 0.2) is 11.5 Å². The second-order valence-corrected chi connectivity index (χ2v) is 4.21. The van der Waals surface area contributed by atoms with Crippen molar-refractivity contribution < 1.29 is 9.47 Å². The number of hydrogen-bond donors (Lipinski definition) is 1. The SMILES string of the molecule is CCOc1cccc(CN)c1OCCSC. The van der Waals surface area contributed by atoms with E-state index in [0.717, 1.165) is 22.8 Å². The van der Waals surface area contributed by atoms with E-state index in [1.54, 1.807) is 11.8 Å². The van der Waals surface area contributed by atoms with Gasteiger partial charge in [-0.15, -0.1) is 0 Å². The molecular weight excluding hydrogens is 222 g/mol. The van der Waals surface area contributed by atoms with Crippen LogP contribution in [0.3, 0.4) is 0 Å². The lowest BCUT2D eigenvalue weighted by Gasteiger charge is -2.14. The Hall–Kier alpha value is -0.870. The molecule has 0 aliphatic heterocycles. The van der Waals surface area contributed by atoms with Gasteiger partial charge in [-0.3, -0.25) is 0 Å². The molecule has 0 aromatic heterocycles. The van der Waals surface area contributed by atoms with Crippen molar-refractivity contribution in [1.29, 1.82) is 0 Å². The van der Waals surface area contributed by atoms with Crippen LogP contribution in [-0.4, -0.2) is 25.2 Å². The predicted molar refractivity (Wildman–Crippen MR) is 69.4 cm³/mol. The molecule has 0 bridgehead atoms. The molecule has 0 saturated heterocycles. The molecule has 0 radical (unpaired) electrons. The van der Waals surface area contributed by atoms with Crippen LogP contribution in [0.1, 0.15) is 12.5 Å². The largest absolute Gasteiger partial charge is 0.490 e. The van der Waals surface area contributed by atoms with Gasteiger partial charge in [0.25, 0.3) is 0 Å². The van der Waals surface area contributed by atoms with Gasteiger partial charge in [-0.05, 0) is 19.2 Å². The highest BCUT2D eigenvalue weighted by Crippen LogP contribution is 2.31. The van der Waals surface area contributed by atoms with Gasteiger partial charge in [-0.2, -0.15) is 11.8 Å². The molecule has 0 saturated carbocycles. The summed E-state index contributed by atoms with van der Waals surface area (Å²) >= 11 is 1.76. The molecule has 0 unspecified atom stereocenters. The fourth-order valence-electron chi connectivity index (χ4n) is 1.38. The molecule has 90 valence electrons. The van der Waals surface area contributed by atoms with Gasteiger partial charge in [0.05, 0.1) is 13.2 Å². The van der Waals surface area contributed by atoms with Crippen LogP contribution >= 0.6 is 11.8 Å². The number of para-hydroxylation sites is 1. The fraction of sp³-hybridized carbons (Fsp3) is 0.500. The third-order valence-corrected chi connectivity index (χ3v) is 2.69. The third-order valence-electron chi connectivity index (χ3n) is 2.11. The Bertz CT molecular complexity index is 318. The number of benzene rings is 1. The molecule has 0 spiro atoms. The summed E-state index contributed by atoms with van der Waals surface area (Å²) in [6, 6.07) is 5.82. The summed E-state index contributed by atoms with van der Waals surface area (Å²) in [6.45, 7) is 3.74. The molecule has 0 fully saturated rings. The normalized spacial score (nSPS) is 10.2. The average molecular weight is 241 g/mol. The monoisotopic (exact) mass is 241 g/mol. The first-order chi connectivity index (χ1) is 7.83. The van der Waals surface area contributed by atoms with E-state index in [0.29, 0.717) is 19.8 Å². The molecule has 1 rings (SSSR count). The van der Waals surface area contributed by atoms with E-state index in [-0.39, 0.29) is 0 Å². The summed E-state index contributed by atoms with van der Waals surface area (Å²) in [5.41, 5.74) is 6.67. The molecule has 1 aromatic rings. The maximum absolute atomic E-state index is 5.73. The van der Waals surface area contributed by atoms with Crippen LogP contribution in [0, 0.1) is 0 Å². The zero-order chi connectivity index (χ0) is 11.8. The second-order valence-electron chi connectivity index (χ2n) is 3.22. The molecule has 4 heteroatoms. The molecule has 0 atom stereocenters. The highest BCUT2D eigenvalue weighted by molar-refractivity contribution is 7.98. The first-order valence-electron chi connectivity index (χ1n) is 5.40. The quantitative estimate of drug-likeness (QED) is 0.744. The standard InChI is InChI=1S/C12H19NO2S/c1-3-14-11-6-4-5-10(9-13)12(11)15-7-8-16-2/h4-6H,3,7-9,13H2,1-2H3. The average Bonchev–Trinajstić information content (AvgIpc) is 2.31. The first-order valence-corrected chi connectivity index (χ1v) is 6.79. The van der Waals surface area contributed by atoms with Crippen molar-refractivity contribution in [2.45, 2.75) is 13.5 Å². The molecule has 3 nitrogen and oxygen atoms in total. The maximum Gasteiger partial charge on any atom is 0.165 e. The number of rotatable bonds is 7. The maximum atomic E-state index is 5.73. The van der Waals surface area contributed by atoms with Gasteiger partial charge < -0.3 is 15.2 Å². The Morgan fingerprint density at radius 3 is 2.75 bits per heavy atom. The lowest BCUT2D eigenvalue weighted by molar-refractivity contribution is 0.287. The molecule has 2 N–H and O–H groups in total. The molecule has 0 heterocycles. The molecule has 0 aliphatic carbocycles. The van der Waals surface area contributed by atoms with Gasteiger partial charge in [-0.25, -0.2) is 0 Å². The van der Waals surface area contributed by atoms with Crippen molar-refractivity contribution in [3.63, 3.8) is 0 Å². The minimum Gasteiger partial charge on any atom is -0.490 e. The Labute approximate surface area is 101 Å². The van der Waals surface area contributed by atoms with Crippen LogP contribution in [0.4, 0.5) is 0 Å². The van der Waals surface area contributed by atoms with E-state index in [2.05, 4.69) is 6.26 Å². The summed E-state index contributed by atoms with van der Waals surface area (Å²) in [5, 5.41) is 0. The van der Waals surface area contributed by atoms with Crippen LogP contribution in [0.25, 0.3) is 0 Å². The van der Waals surface area contributed by atoms with Crippen molar-refractivity contribution in [2.75, 3.05) is 25.2 Å². The molecule has 1 aromatic carbocycles. The van der Waals surface area contributed by atoms with E-state index in [9.17, 15) is 0 Å².